The molecular formula is C23H27N5O3. The van der Waals surface area contributed by atoms with Crippen LogP contribution in [0, 0.1) is 6.92 Å². The number of aryl methyl sites for hydroxylation is 1. The number of phenols is 1. The van der Waals surface area contributed by atoms with Gasteiger partial charge < -0.3 is 20.1 Å². The molecule has 0 radical (unpaired) electrons. The highest BCUT2D eigenvalue weighted by Crippen LogP contribution is 2.37. The predicted octanol–water partition coefficient (Wildman–Crippen LogP) is 2.39. The number of aliphatic hydroxyl groups excluding tert-OH is 1. The fraction of sp³-hybridized carbons (Fsp3) is 0.348. The van der Waals surface area contributed by atoms with Crippen LogP contribution in [0.15, 0.2) is 43.0 Å². The zero-order valence-electron chi connectivity index (χ0n) is 17.9. The van der Waals surface area contributed by atoms with E-state index >= 15 is 0 Å². The Morgan fingerprint density at radius 2 is 2.10 bits per heavy atom. The molecule has 1 fully saturated rings. The minimum Gasteiger partial charge on any atom is -0.507 e. The van der Waals surface area contributed by atoms with Crippen LogP contribution in [0.25, 0.3) is 22.3 Å². The molecule has 1 amide bonds. The number of benzene rings is 1. The number of hydrogen-bond acceptors (Lipinski definition) is 6. The van der Waals surface area contributed by atoms with Gasteiger partial charge in [-0.3, -0.25) is 9.69 Å². The number of hydrogen-bond donors (Lipinski definition) is 3. The molecule has 0 saturated carbocycles. The molecule has 8 nitrogen and oxygen atoms in total. The lowest BCUT2D eigenvalue weighted by atomic mass is 9.97. The number of nitrogens with zero attached hydrogens (tertiary/aromatic N) is 4. The summed E-state index contributed by atoms with van der Waals surface area (Å²) in [4.78, 5) is 19.4. The lowest BCUT2D eigenvalue weighted by Crippen LogP contribution is -2.46. The molecule has 1 aromatic carbocycles. The third-order valence-corrected chi connectivity index (χ3v) is 6.06. The second-order valence-corrected chi connectivity index (χ2v) is 8.20. The molecule has 0 aliphatic carbocycles. The van der Waals surface area contributed by atoms with Crippen molar-refractivity contribution >= 4 is 16.9 Å². The Morgan fingerprint density at radius 1 is 1.35 bits per heavy atom. The minimum atomic E-state index is -0.893. The number of aromatic hydroxyl groups is 1. The number of aromatic nitrogens is 3. The molecule has 3 N–H and O–H groups in total. The van der Waals surface area contributed by atoms with Crippen molar-refractivity contribution in [1.29, 1.82) is 0 Å². The number of carbonyl (C=O) groups excluding carboxylic acids is 1. The fourth-order valence-corrected chi connectivity index (χ4v) is 4.41. The molecule has 3 heterocycles. The van der Waals surface area contributed by atoms with E-state index < -0.39 is 12.3 Å². The number of phenolic OH excluding ortho intramolecular Hbond substituents is 1. The standard InChI is InChI=1S/C23H27N5O3/c1-5-20(30)28-12-14(10-18(28)23(31)27(3)4)21-13(2)16-11-17(25-26-22(16)24-21)15-8-6-7-9-19(15)29/h5-9,11,14,18,20,29-30H,1,10,12H2,2-4H3,(H,24,26)/t14-,18-,20?/m0/s1. The first-order valence-corrected chi connectivity index (χ1v) is 10.2. The van der Waals surface area contributed by atoms with Crippen molar-refractivity contribution in [3.63, 3.8) is 0 Å². The lowest BCUT2D eigenvalue weighted by Gasteiger charge is -2.28. The van der Waals surface area contributed by atoms with E-state index in [2.05, 4.69) is 21.8 Å². The van der Waals surface area contributed by atoms with Crippen molar-refractivity contribution in [2.24, 2.45) is 0 Å². The molecule has 0 spiro atoms. The maximum atomic E-state index is 12.7. The number of fused-ring (bicyclic) bond motifs is 1. The lowest BCUT2D eigenvalue weighted by molar-refractivity contribution is -0.136. The molecule has 3 atom stereocenters. The first-order chi connectivity index (χ1) is 14.8. The number of nitrogens with one attached hydrogen (secondary N) is 1. The van der Waals surface area contributed by atoms with Gasteiger partial charge in [-0.2, -0.15) is 0 Å². The van der Waals surface area contributed by atoms with E-state index in [0.717, 1.165) is 16.6 Å². The maximum absolute atomic E-state index is 12.7. The average molecular weight is 422 g/mol. The predicted molar refractivity (Wildman–Crippen MR) is 118 cm³/mol. The highest BCUT2D eigenvalue weighted by molar-refractivity contribution is 5.86. The van der Waals surface area contributed by atoms with E-state index in [-0.39, 0.29) is 17.6 Å². The molecule has 1 saturated heterocycles. The van der Waals surface area contributed by atoms with Gasteiger partial charge in [-0.15, -0.1) is 10.2 Å². The molecule has 1 unspecified atom stereocenters. The van der Waals surface area contributed by atoms with Gasteiger partial charge in [-0.25, -0.2) is 0 Å². The highest BCUT2D eigenvalue weighted by atomic mass is 16.3. The van der Waals surface area contributed by atoms with Gasteiger partial charge in [0.1, 0.15) is 12.0 Å². The topological polar surface area (TPSA) is 106 Å². The number of H-pyrrole nitrogens is 1. The summed E-state index contributed by atoms with van der Waals surface area (Å²) in [7, 11) is 3.44. The van der Waals surface area contributed by atoms with Gasteiger partial charge in [0.15, 0.2) is 5.65 Å². The quantitative estimate of drug-likeness (QED) is 0.547. The second-order valence-electron chi connectivity index (χ2n) is 8.20. The fourth-order valence-electron chi connectivity index (χ4n) is 4.41. The van der Waals surface area contributed by atoms with Gasteiger partial charge in [-0.05, 0) is 43.2 Å². The molecule has 162 valence electrons. The van der Waals surface area contributed by atoms with Crippen LogP contribution in [0.4, 0.5) is 0 Å². The smallest absolute Gasteiger partial charge is 0.239 e. The zero-order chi connectivity index (χ0) is 22.3. The van der Waals surface area contributed by atoms with Crippen molar-refractivity contribution < 1.29 is 15.0 Å². The molecule has 0 bridgehead atoms. The van der Waals surface area contributed by atoms with Gasteiger partial charge in [0, 0.05) is 43.2 Å². The van der Waals surface area contributed by atoms with Crippen molar-refractivity contribution in [3.8, 4) is 17.0 Å². The third kappa shape index (κ3) is 3.68. The van der Waals surface area contributed by atoms with E-state index in [4.69, 9.17) is 0 Å². The Bertz CT molecular complexity index is 1140. The highest BCUT2D eigenvalue weighted by Gasteiger charge is 2.41. The molecular weight excluding hydrogens is 394 g/mol. The van der Waals surface area contributed by atoms with Crippen LogP contribution >= 0.6 is 0 Å². The van der Waals surface area contributed by atoms with E-state index in [1.54, 1.807) is 42.1 Å². The maximum Gasteiger partial charge on any atom is 0.239 e. The van der Waals surface area contributed by atoms with E-state index in [0.29, 0.717) is 29.9 Å². The minimum absolute atomic E-state index is 0.0197. The van der Waals surface area contributed by atoms with Crippen LogP contribution in [0.1, 0.15) is 23.6 Å². The van der Waals surface area contributed by atoms with Crippen LogP contribution in [0.3, 0.4) is 0 Å². The van der Waals surface area contributed by atoms with Crippen LogP contribution in [0.2, 0.25) is 0 Å². The molecule has 4 rings (SSSR count). The Labute approximate surface area is 180 Å². The normalized spacial score (nSPS) is 20.1. The summed E-state index contributed by atoms with van der Waals surface area (Å²) in [5.41, 5.74) is 3.88. The largest absolute Gasteiger partial charge is 0.507 e. The van der Waals surface area contributed by atoms with Crippen molar-refractivity contribution in [1.82, 2.24) is 25.0 Å². The number of carbonyl (C=O) groups is 1. The molecule has 8 heteroatoms. The molecule has 31 heavy (non-hydrogen) atoms. The van der Waals surface area contributed by atoms with Gasteiger partial charge in [0.05, 0.1) is 11.7 Å². The number of rotatable bonds is 5. The van der Waals surface area contributed by atoms with Crippen LogP contribution < -0.4 is 0 Å². The van der Waals surface area contributed by atoms with Gasteiger partial charge in [0.25, 0.3) is 0 Å². The summed E-state index contributed by atoms with van der Waals surface area (Å²) in [5, 5.41) is 30.1. The number of likely N-dealkylation sites (tertiary alicyclic amines) is 1. The summed E-state index contributed by atoms with van der Waals surface area (Å²) < 4.78 is 0. The summed E-state index contributed by atoms with van der Waals surface area (Å²) in [6.07, 6.45) is 1.13. The van der Waals surface area contributed by atoms with E-state index in [1.165, 1.54) is 6.08 Å². The number of para-hydroxylation sites is 1. The summed E-state index contributed by atoms with van der Waals surface area (Å²) in [6.45, 7) is 6.21. The van der Waals surface area contributed by atoms with Crippen LogP contribution in [0.5, 0.6) is 5.75 Å². The SMILES string of the molecule is C=CC(O)N1C[C@@H](c2[nH]c3nnc(-c4ccccc4O)cc3c2C)C[C@H]1C(=O)N(C)C. The molecule has 1 aliphatic rings. The number of aliphatic hydroxyl groups is 1. The molecule has 2 aromatic heterocycles. The van der Waals surface area contributed by atoms with Gasteiger partial charge in [0.2, 0.25) is 5.91 Å². The van der Waals surface area contributed by atoms with Crippen molar-refractivity contribution in [3.05, 3.63) is 54.2 Å². The summed E-state index contributed by atoms with van der Waals surface area (Å²) in [5.74, 6) is 0.129. The van der Waals surface area contributed by atoms with Gasteiger partial charge >= 0.3 is 0 Å². The Kier molecular flexibility index (Phi) is 5.51. The zero-order valence-corrected chi connectivity index (χ0v) is 17.9. The second kappa shape index (κ2) is 8.13. The Balaban J connectivity index is 1.71. The Hall–Kier alpha value is -3.23. The third-order valence-electron chi connectivity index (χ3n) is 6.06. The van der Waals surface area contributed by atoms with Crippen LogP contribution in [-0.4, -0.2) is 74.0 Å². The monoisotopic (exact) mass is 421 g/mol. The van der Waals surface area contributed by atoms with Gasteiger partial charge in [-0.1, -0.05) is 18.7 Å². The summed E-state index contributed by atoms with van der Waals surface area (Å²) in [6, 6.07) is 8.52. The van der Waals surface area contributed by atoms with E-state index in [9.17, 15) is 15.0 Å². The van der Waals surface area contributed by atoms with Crippen molar-refractivity contribution in [2.45, 2.75) is 31.5 Å². The van der Waals surface area contributed by atoms with Crippen molar-refractivity contribution in [2.75, 3.05) is 20.6 Å². The summed E-state index contributed by atoms with van der Waals surface area (Å²) >= 11 is 0. The number of likely N-dealkylation sites (N-methyl/N-ethyl adjacent to an activating group) is 1. The molecule has 1 aliphatic heterocycles. The first kappa shape index (κ1) is 21.0. The number of aromatic amines is 1. The molecule has 3 aromatic rings. The van der Waals surface area contributed by atoms with Crippen LogP contribution in [-0.2, 0) is 4.79 Å². The average Bonchev–Trinajstić information content (AvgIpc) is 3.34. The number of amides is 1. The Morgan fingerprint density at radius 3 is 2.77 bits per heavy atom. The first-order valence-electron chi connectivity index (χ1n) is 10.2. The van der Waals surface area contributed by atoms with E-state index in [1.807, 2.05) is 19.1 Å².